The SMILES string of the molecule is CCOC(=O)c1ccc(C)c(S(=O)(=O)NCCCCN)c1.Cl. The Bertz CT molecular complexity index is 591. The number of carbonyl (C=O) groups excluding carboxylic acids is 1. The predicted molar refractivity (Wildman–Crippen MR) is 87.9 cm³/mol. The maximum absolute atomic E-state index is 12.3. The van der Waals surface area contributed by atoms with Gasteiger partial charge in [-0.1, -0.05) is 6.07 Å². The van der Waals surface area contributed by atoms with Crippen LogP contribution in [0.2, 0.25) is 0 Å². The van der Waals surface area contributed by atoms with Crippen LogP contribution in [0.25, 0.3) is 0 Å². The van der Waals surface area contributed by atoms with E-state index in [1.807, 2.05) is 0 Å². The summed E-state index contributed by atoms with van der Waals surface area (Å²) in [5.74, 6) is -0.530. The van der Waals surface area contributed by atoms with Crippen molar-refractivity contribution in [2.45, 2.75) is 31.6 Å². The smallest absolute Gasteiger partial charge is 0.338 e. The molecular weight excluding hydrogens is 328 g/mol. The number of sulfonamides is 1. The van der Waals surface area contributed by atoms with E-state index in [9.17, 15) is 13.2 Å². The number of aryl methyl sites for hydroxylation is 1. The number of unbranched alkanes of at least 4 members (excludes halogenated alkanes) is 1. The van der Waals surface area contributed by atoms with E-state index < -0.39 is 16.0 Å². The van der Waals surface area contributed by atoms with E-state index in [0.717, 1.165) is 6.42 Å². The molecule has 22 heavy (non-hydrogen) atoms. The minimum absolute atomic E-state index is 0. The maximum Gasteiger partial charge on any atom is 0.338 e. The Morgan fingerprint density at radius 2 is 2.00 bits per heavy atom. The fourth-order valence-corrected chi connectivity index (χ4v) is 3.13. The van der Waals surface area contributed by atoms with Crippen LogP contribution >= 0.6 is 12.4 Å². The molecule has 0 radical (unpaired) electrons. The molecule has 0 heterocycles. The van der Waals surface area contributed by atoms with Crippen LogP contribution in [-0.2, 0) is 14.8 Å². The molecule has 1 aromatic rings. The summed E-state index contributed by atoms with van der Waals surface area (Å²) in [6, 6.07) is 4.50. The van der Waals surface area contributed by atoms with Gasteiger partial charge in [-0.25, -0.2) is 17.9 Å². The fraction of sp³-hybridized carbons (Fsp3) is 0.500. The van der Waals surface area contributed by atoms with Crippen LogP contribution in [0.1, 0.15) is 35.7 Å². The number of rotatable bonds is 8. The van der Waals surface area contributed by atoms with Crippen molar-refractivity contribution in [3.8, 4) is 0 Å². The Morgan fingerprint density at radius 3 is 2.59 bits per heavy atom. The predicted octanol–water partition coefficient (Wildman–Crippen LogP) is 1.61. The average Bonchev–Trinajstić information content (AvgIpc) is 2.44. The van der Waals surface area contributed by atoms with Crippen molar-refractivity contribution < 1.29 is 17.9 Å². The molecule has 0 atom stereocenters. The van der Waals surface area contributed by atoms with Crippen molar-refractivity contribution in [2.24, 2.45) is 5.73 Å². The van der Waals surface area contributed by atoms with E-state index in [-0.39, 0.29) is 29.5 Å². The molecule has 0 amide bonds. The standard InChI is InChI=1S/C14H22N2O4S.ClH/c1-3-20-14(17)12-7-6-11(2)13(10-12)21(18,19)16-9-5-4-8-15;/h6-7,10,16H,3-5,8-9,15H2,1-2H3;1H. The Balaban J connectivity index is 0.00000441. The Labute approximate surface area is 137 Å². The van der Waals surface area contributed by atoms with Crippen LogP contribution in [-0.4, -0.2) is 34.1 Å². The normalized spacial score (nSPS) is 10.9. The number of nitrogens with two attached hydrogens (primary N) is 1. The molecule has 1 rings (SSSR count). The van der Waals surface area contributed by atoms with E-state index >= 15 is 0 Å². The van der Waals surface area contributed by atoms with Gasteiger partial charge in [0, 0.05) is 6.54 Å². The van der Waals surface area contributed by atoms with Gasteiger partial charge in [0.2, 0.25) is 10.0 Å². The second kappa shape index (κ2) is 9.78. The van der Waals surface area contributed by atoms with Crippen LogP contribution < -0.4 is 10.5 Å². The number of hydrogen-bond donors (Lipinski definition) is 2. The van der Waals surface area contributed by atoms with Gasteiger partial charge in [-0.2, -0.15) is 0 Å². The highest BCUT2D eigenvalue weighted by molar-refractivity contribution is 7.89. The first-order valence-electron chi connectivity index (χ1n) is 6.90. The third-order valence-corrected chi connectivity index (χ3v) is 4.51. The average molecular weight is 351 g/mol. The summed E-state index contributed by atoms with van der Waals surface area (Å²) in [6.07, 6.45) is 1.43. The van der Waals surface area contributed by atoms with Gasteiger partial charge >= 0.3 is 5.97 Å². The molecule has 0 unspecified atom stereocenters. The van der Waals surface area contributed by atoms with E-state index in [1.54, 1.807) is 26.0 Å². The number of carbonyl (C=O) groups is 1. The van der Waals surface area contributed by atoms with Crippen molar-refractivity contribution in [3.63, 3.8) is 0 Å². The van der Waals surface area contributed by atoms with Crippen molar-refractivity contribution in [3.05, 3.63) is 29.3 Å². The van der Waals surface area contributed by atoms with Crippen molar-refractivity contribution in [2.75, 3.05) is 19.7 Å². The molecule has 0 saturated carbocycles. The minimum atomic E-state index is -3.64. The van der Waals surface area contributed by atoms with Gasteiger partial charge in [0.1, 0.15) is 0 Å². The number of benzene rings is 1. The van der Waals surface area contributed by atoms with Crippen molar-refractivity contribution >= 4 is 28.4 Å². The van der Waals surface area contributed by atoms with Gasteiger partial charge in [-0.05, 0) is 50.9 Å². The molecule has 8 heteroatoms. The topological polar surface area (TPSA) is 98.5 Å². The summed E-state index contributed by atoms with van der Waals surface area (Å²) in [7, 11) is -3.64. The summed E-state index contributed by atoms with van der Waals surface area (Å²) in [6.45, 7) is 4.47. The zero-order valence-electron chi connectivity index (χ0n) is 12.8. The summed E-state index contributed by atoms with van der Waals surface area (Å²) < 4.78 is 31.9. The van der Waals surface area contributed by atoms with Gasteiger partial charge in [-0.3, -0.25) is 0 Å². The molecule has 6 nitrogen and oxygen atoms in total. The van der Waals surface area contributed by atoms with Gasteiger partial charge < -0.3 is 10.5 Å². The maximum atomic E-state index is 12.3. The van der Waals surface area contributed by atoms with Crippen molar-refractivity contribution in [1.82, 2.24) is 4.72 Å². The molecule has 3 N–H and O–H groups in total. The van der Waals surface area contributed by atoms with E-state index in [1.165, 1.54) is 6.07 Å². The fourth-order valence-electron chi connectivity index (χ4n) is 1.78. The van der Waals surface area contributed by atoms with Crippen molar-refractivity contribution in [1.29, 1.82) is 0 Å². The molecule has 1 aromatic carbocycles. The zero-order valence-corrected chi connectivity index (χ0v) is 14.4. The first-order valence-corrected chi connectivity index (χ1v) is 8.38. The third kappa shape index (κ3) is 5.92. The molecule has 126 valence electrons. The first-order chi connectivity index (χ1) is 9.92. The second-order valence-electron chi connectivity index (χ2n) is 4.59. The number of ether oxygens (including phenoxy) is 1. The lowest BCUT2D eigenvalue weighted by Gasteiger charge is -2.11. The number of hydrogen-bond acceptors (Lipinski definition) is 5. The van der Waals surface area contributed by atoms with E-state index in [0.29, 0.717) is 25.1 Å². The zero-order chi connectivity index (χ0) is 15.9. The van der Waals surface area contributed by atoms with Crippen LogP contribution in [0.3, 0.4) is 0 Å². The lowest BCUT2D eigenvalue weighted by atomic mass is 10.1. The minimum Gasteiger partial charge on any atom is -0.462 e. The number of halogens is 1. The highest BCUT2D eigenvalue weighted by atomic mass is 35.5. The highest BCUT2D eigenvalue weighted by Gasteiger charge is 2.19. The van der Waals surface area contributed by atoms with Gasteiger partial charge in [0.25, 0.3) is 0 Å². The van der Waals surface area contributed by atoms with Gasteiger partial charge in [0.05, 0.1) is 17.1 Å². The third-order valence-electron chi connectivity index (χ3n) is 2.91. The second-order valence-corrected chi connectivity index (χ2v) is 6.33. The Hall–Kier alpha value is -1.15. The summed E-state index contributed by atoms with van der Waals surface area (Å²) in [5.41, 5.74) is 6.17. The molecule has 0 spiro atoms. The van der Waals surface area contributed by atoms with Crippen LogP contribution in [0, 0.1) is 6.92 Å². The molecule has 0 aliphatic rings. The van der Waals surface area contributed by atoms with Gasteiger partial charge in [-0.15, -0.1) is 12.4 Å². The Morgan fingerprint density at radius 1 is 1.32 bits per heavy atom. The lowest BCUT2D eigenvalue weighted by molar-refractivity contribution is 0.0526. The van der Waals surface area contributed by atoms with Crippen LogP contribution in [0.5, 0.6) is 0 Å². The summed E-state index contributed by atoms with van der Waals surface area (Å²) >= 11 is 0. The Kier molecular flexibility index (Phi) is 9.27. The molecule has 0 aromatic heterocycles. The lowest BCUT2D eigenvalue weighted by Crippen LogP contribution is -2.26. The monoisotopic (exact) mass is 350 g/mol. The van der Waals surface area contributed by atoms with E-state index in [4.69, 9.17) is 10.5 Å². The summed E-state index contributed by atoms with van der Waals surface area (Å²) in [4.78, 5) is 11.8. The van der Waals surface area contributed by atoms with Gasteiger partial charge in [0.15, 0.2) is 0 Å². The summed E-state index contributed by atoms with van der Waals surface area (Å²) in [5, 5.41) is 0. The molecule has 0 aliphatic carbocycles. The number of esters is 1. The van der Waals surface area contributed by atoms with E-state index in [2.05, 4.69) is 4.72 Å². The molecule has 0 bridgehead atoms. The molecule has 0 saturated heterocycles. The molecule has 0 aliphatic heterocycles. The largest absolute Gasteiger partial charge is 0.462 e. The molecule has 0 fully saturated rings. The molecular formula is C14H23ClN2O4S. The highest BCUT2D eigenvalue weighted by Crippen LogP contribution is 2.17. The number of nitrogens with one attached hydrogen (secondary N) is 1. The first kappa shape index (κ1) is 20.9. The van der Waals surface area contributed by atoms with Crippen LogP contribution in [0.4, 0.5) is 0 Å². The quantitative estimate of drug-likeness (QED) is 0.548. The van der Waals surface area contributed by atoms with Crippen LogP contribution in [0.15, 0.2) is 23.1 Å².